The number of fused-ring (bicyclic) bond motifs is 7. The van der Waals surface area contributed by atoms with Crippen molar-refractivity contribution in [1.29, 1.82) is 0 Å². The van der Waals surface area contributed by atoms with Crippen molar-refractivity contribution in [1.82, 2.24) is 0 Å². The van der Waals surface area contributed by atoms with E-state index < -0.39 is 0 Å². The van der Waals surface area contributed by atoms with E-state index in [0.717, 1.165) is 33.4 Å². The summed E-state index contributed by atoms with van der Waals surface area (Å²) < 4.78 is 0. The minimum atomic E-state index is -0.255. The van der Waals surface area contributed by atoms with E-state index in [1.807, 2.05) is 6.07 Å². The molecular formula is C44H34O. The highest BCUT2D eigenvalue weighted by Gasteiger charge is 2.24. The van der Waals surface area contributed by atoms with Crippen LogP contribution in [0.4, 0.5) is 0 Å². The van der Waals surface area contributed by atoms with Crippen molar-refractivity contribution in [3.05, 3.63) is 151 Å². The molecule has 0 spiro atoms. The largest absolute Gasteiger partial charge is 0.508 e. The summed E-state index contributed by atoms with van der Waals surface area (Å²) in [5, 5.41) is 21.6. The monoisotopic (exact) mass is 578 g/mol. The molecule has 0 radical (unpaired) electrons. The summed E-state index contributed by atoms with van der Waals surface area (Å²) in [6.07, 6.45) is 0. The molecule has 0 unspecified atom stereocenters. The molecule has 1 N–H and O–H groups in total. The second-order valence-corrected chi connectivity index (χ2v) is 13.2. The third kappa shape index (κ3) is 4.64. The Bertz CT molecular complexity index is 2390. The summed E-state index contributed by atoms with van der Waals surface area (Å²) in [5.41, 5.74) is 7.29. The van der Waals surface area contributed by atoms with E-state index in [9.17, 15) is 5.11 Å². The van der Waals surface area contributed by atoms with E-state index in [0.29, 0.717) is 5.75 Å². The van der Waals surface area contributed by atoms with Crippen molar-refractivity contribution < 1.29 is 5.11 Å². The highest BCUT2D eigenvalue weighted by molar-refractivity contribution is 6.25. The summed E-state index contributed by atoms with van der Waals surface area (Å²) in [4.78, 5) is 0. The van der Waals surface area contributed by atoms with Crippen molar-refractivity contribution in [2.24, 2.45) is 0 Å². The summed E-state index contributed by atoms with van der Waals surface area (Å²) in [6, 6.07) is 52.2. The average molecular weight is 579 g/mol. The van der Waals surface area contributed by atoms with Gasteiger partial charge in [-0.05, 0) is 112 Å². The van der Waals surface area contributed by atoms with Gasteiger partial charge in [0.1, 0.15) is 5.75 Å². The molecule has 0 saturated carbocycles. The predicted octanol–water partition coefficient (Wildman–Crippen LogP) is 12.3. The lowest BCUT2D eigenvalue weighted by Gasteiger charge is -2.26. The molecule has 0 amide bonds. The van der Waals surface area contributed by atoms with Gasteiger partial charge in [0.15, 0.2) is 0 Å². The maximum Gasteiger partial charge on any atom is 0.120 e. The van der Waals surface area contributed by atoms with Gasteiger partial charge < -0.3 is 5.11 Å². The van der Waals surface area contributed by atoms with Crippen LogP contribution in [0.15, 0.2) is 146 Å². The Morgan fingerprint density at radius 3 is 1.60 bits per heavy atom. The molecule has 0 aliphatic heterocycles. The third-order valence-electron chi connectivity index (χ3n) is 9.20. The van der Waals surface area contributed by atoms with Crippen LogP contribution in [0.25, 0.3) is 76.5 Å². The number of aromatic hydroxyl groups is 1. The molecule has 0 heterocycles. The number of phenols is 1. The highest BCUT2D eigenvalue weighted by Crippen LogP contribution is 2.44. The zero-order valence-corrected chi connectivity index (χ0v) is 25.8. The van der Waals surface area contributed by atoms with Crippen LogP contribution in [-0.2, 0) is 5.41 Å². The van der Waals surface area contributed by atoms with Crippen LogP contribution in [0.1, 0.15) is 26.3 Å². The van der Waals surface area contributed by atoms with Gasteiger partial charge in [0.2, 0.25) is 0 Å². The molecule has 0 saturated heterocycles. The Morgan fingerprint density at radius 1 is 0.378 bits per heavy atom. The molecule has 0 bridgehead atoms. The average Bonchev–Trinajstić information content (AvgIpc) is 3.07. The van der Waals surface area contributed by atoms with Crippen LogP contribution < -0.4 is 0 Å². The van der Waals surface area contributed by atoms with Gasteiger partial charge in [-0.3, -0.25) is 0 Å². The van der Waals surface area contributed by atoms with Crippen LogP contribution in [0.5, 0.6) is 5.75 Å². The lowest BCUT2D eigenvalue weighted by Crippen LogP contribution is -2.13. The zero-order chi connectivity index (χ0) is 30.7. The van der Waals surface area contributed by atoms with Gasteiger partial charge in [0.25, 0.3) is 0 Å². The Kier molecular flexibility index (Phi) is 6.25. The van der Waals surface area contributed by atoms with Crippen molar-refractivity contribution in [2.75, 3.05) is 0 Å². The van der Waals surface area contributed by atoms with Gasteiger partial charge in [0.05, 0.1) is 0 Å². The van der Waals surface area contributed by atoms with Crippen LogP contribution in [0.3, 0.4) is 0 Å². The molecule has 0 atom stereocenters. The van der Waals surface area contributed by atoms with Gasteiger partial charge in [-0.1, -0.05) is 136 Å². The first-order chi connectivity index (χ1) is 21.8. The Morgan fingerprint density at radius 2 is 0.911 bits per heavy atom. The van der Waals surface area contributed by atoms with E-state index in [1.165, 1.54) is 48.7 Å². The van der Waals surface area contributed by atoms with Crippen molar-refractivity contribution in [3.8, 4) is 39.1 Å². The van der Waals surface area contributed by atoms with E-state index in [-0.39, 0.29) is 5.41 Å². The Labute approximate surface area is 264 Å². The molecule has 0 fully saturated rings. The van der Waals surface area contributed by atoms with Gasteiger partial charge in [-0.2, -0.15) is 0 Å². The molecule has 45 heavy (non-hydrogen) atoms. The quantitative estimate of drug-likeness (QED) is 0.207. The number of benzene rings is 8. The molecule has 8 aromatic rings. The fraction of sp³-hybridized carbons (Fsp3) is 0.0909. The van der Waals surface area contributed by atoms with Gasteiger partial charge in [-0.15, -0.1) is 0 Å². The topological polar surface area (TPSA) is 20.2 Å². The van der Waals surface area contributed by atoms with E-state index >= 15 is 0 Å². The van der Waals surface area contributed by atoms with Crippen LogP contribution in [-0.4, -0.2) is 5.11 Å². The maximum atomic E-state index is 11.7. The van der Waals surface area contributed by atoms with E-state index in [2.05, 4.69) is 160 Å². The van der Waals surface area contributed by atoms with Crippen LogP contribution in [0.2, 0.25) is 0 Å². The second kappa shape index (κ2) is 10.4. The summed E-state index contributed by atoms with van der Waals surface area (Å²) in [7, 11) is 0. The standard InChI is InChI=1S/C44H34O/c1-44(2,3)43-40(33-14-10-13-30(24-33)31-20-19-28-11-4-5-12-29(28)23-31)26-34(27-42(43)45)32-21-22-39-37-17-7-6-15-35(37)36-16-8-9-18-38(36)41(39)25-32/h4-27,45H,1-3H3. The molecule has 0 aromatic heterocycles. The summed E-state index contributed by atoms with van der Waals surface area (Å²) >= 11 is 0. The molecule has 8 aromatic carbocycles. The van der Waals surface area contributed by atoms with Crippen molar-refractivity contribution >= 4 is 43.1 Å². The fourth-order valence-corrected chi connectivity index (χ4v) is 7.13. The predicted molar refractivity (Wildman–Crippen MR) is 193 cm³/mol. The molecule has 0 aliphatic carbocycles. The SMILES string of the molecule is CC(C)(C)c1c(O)cc(-c2ccc3c4ccccc4c4ccccc4c3c2)cc1-c1cccc(-c2ccc3ccccc3c2)c1. The first-order valence-corrected chi connectivity index (χ1v) is 15.7. The van der Waals surface area contributed by atoms with Crippen molar-refractivity contribution in [3.63, 3.8) is 0 Å². The van der Waals surface area contributed by atoms with Gasteiger partial charge in [-0.25, -0.2) is 0 Å². The zero-order valence-electron chi connectivity index (χ0n) is 25.8. The molecule has 1 nitrogen and oxygen atoms in total. The number of rotatable bonds is 3. The Balaban J connectivity index is 1.33. The molecule has 8 rings (SSSR count). The smallest absolute Gasteiger partial charge is 0.120 e. The lowest BCUT2D eigenvalue weighted by atomic mass is 9.79. The molecule has 1 heteroatoms. The molecular weight excluding hydrogens is 544 g/mol. The minimum Gasteiger partial charge on any atom is -0.508 e. The van der Waals surface area contributed by atoms with Crippen molar-refractivity contribution in [2.45, 2.75) is 26.2 Å². The van der Waals surface area contributed by atoms with Crippen LogP contribution in [0, 0.1) is 0 Å². The molecule has 0 aliphatic rings. The van der Waals surface area contributed by atoms with E-state index in [1.54, 1.807) is 0 Å². The number of hydrogen-bond donors (Lipinski definition) is 1. The minimum absolute atomic E-state index is 0.255. The van der Waals surface area contributed by atoms with Gasteiger partial charge in [0, 0.05) is 5.56 Å². The number of hydrogen-bond acceptors (Lipinski definition) is 1. The first-order valence-electron chi connectivity index (χ1n) is 15.7. The number of phenolic OH excluding ortho intramolecular Hbond substituents is 1. The summed E-state index contributed by atoms with van der Waals surface area (Å²) in [6.45, 7) is 6.52. The van der Waals surface area contributed by atoms with Gasteiger partial charge >= 0.3 is 0 Å². The Hall–Kier alpha value is -5.40. The molecule has 216 valence electrons. The second-order valence-electron chi connectivity index (χ2n) is 13.2. The third-order valence-corrected chi connectivity index (χ3v) is 9.20. The highest BCUT2D eigenvalue weighted by atomic mass is 16.3. The summed E-state index contributed by atoms with van der Waals surface area (Å²) in [5.74, 6) is 0.328. The van der Waals surface area contributed by atoms with E-state index in [4.69, 9.17) is 0 Å². The normalized spacial score (nSPS) is 12.0. The lowest BCUT2D eigenvalue weighted by molar-refractivity contribution is 0.448. The van der Waals surface area contributed by atoms with Crippen LogP contribution >= 0.6 is 0 Å². The fourth-order valence-electron chi connectivity index (χ4n) is 7.13. The first kappa shape index (κ1) is 27.2. The maximum absolute atomic E-state index is 11.7.